The lowest BCUT2D eigenvalue weighted by atomic mass is 10.1. The molecule has 1 atom stereocenters. The molecule has 0 saturated carbocycles. The highest BCUT2D eigenvalue weighted by Gasteiger charge is 2.11. The smallest absolute Gasteiger partial charge is 0.209 e. The van der Waals surface area contributed by atoms with Gasteiger partial charge >= 0.3 is 0 Å². The van der Waals surface area contributed by atoms with Gasteiger partial charge in [-0.2, -0.15) is 0 Å². The Bertz CT molecular complexity index is 521. The minimum absolute atomic E-state index is 0.673. The van der Waals surface area contributed by atoms with E-state index in [0.717, 1.165) is 30.1 Å². The van der Waals surface area contributed by atoms with Crippen molar-refractivity contribution in [3.05, 3.63) is 24.1 Å². The highest BCUT2D eigenvalue weighted by molar-refractivity contribution is 5.85. The van der Waals surface area contributed by atoms with Crippen LogP contribution in [-0.4, -0.2) is 23.5 Å². The van der Waals surface area contributed by atoms with Crippen LogP contribution < -0.4 is 5.73 Å². The van der Waals surface area contributed by atoms with Gasteiger partial charge in [0.05, 0.1) is 12.2 Å². The number of rotatable bonds is 5. The zero-order valence-corrected chi connectivity index (χ0v) is 11.3. The zero-order chi connectivity index (χ0) is 13.1. The van der Waals surface area contributed by atoms with Gasteiger partial charge in [0.1, 0.15) is 5.52 Å². The summed E-state index contributed by atoms with van der Waals surface area (Å²) >= 11 is 0. The van der Waals surface area contributed by atoms with Crippen LogP contribution in [0.3, 0.4) is 0 Å². The normalized spacial score (nSPS) is 13.3. The molecule has 2 aromatic rings. The number of hydrogen-bond acceptors (Lipinski definition) is 4. The maximum Gasteiger partial charge on any atom is 0.209 e. The van der Waals surface area contributed by atoms with Gasteiger partial charge in [-0.1, -0.05) is 26.3 Å². The third-order valence-corrected chi connectivity index (χ3v) is 3.22. The third kappa shape index (κ3) is 2.82. The van der Waals surface area contributed by atoms with Crippen LogP contribution in [0.2, 0.25) is 0 Å². The molecule has 0 fully saturated rings. The van der Waals surface area contributed by atoms with E-state index in [-0.39, 0.29) is 0 Å². The molecule has 18 heavy (non-hydrogen) atoms. The molecule has 1 heterocycles. The molecule has 0 aliphatic rings. The molecule has 4 heteroatoms. The van der Waals surface area contributed by atoms with Crippen LogP contribution in [0, 0.1) is 5.92 Å². The van der Waals surface area contributed by atoms with E-state index >= 15 is 0 Å². The minimum Gasteiger partial charge on any atom is -0.439 e. The van der Waals surface area contributed by atoms with Crippen LogP contribution in [-0.2, 0) is 6.54 Å². The maximum atomic E-state index is 5.87. The van der Waals surface area contributed by atoms with Crippen molar-refractivity contribution in [1.82, 2.24) is 9.88 Å². The lowest BCUT2D eigenvalue weighted by Crippen LogP contribution is -2.23. The predicted octanol–water partition coefficient (Wildman–Crippen LogP) is 2.89. The highest BCUT2D eigenvalue weighted by atomic mass is 16.3. The first-order valence-corrected chi connectivity index (χ1v) is 6.42. The summed E-state index contributed by atoms with van der Waals surface area (Å²) in [6.07, 6.45) is 1.19. The highest BCUT2D eigenvalue weighted by Crippen LogP contribution is 2.21. The van der Waals surface area contributed by atoms with Gasteiger partial charge in [0.15, 0.2) is 5.58 Å². The summed E-state index contributed by atoms with van der Waals surface area (Å²) in [6.45, 7) is 6.22. The number of hydrogen-bond donors (Lipinski definition) is 1. The van der Waals surface area contributed by atoms with Crippen LogP contribution in [0.5, 0.6) is 0 Å². The first-order valence-electron chi connectivity index (χ1n) is 6.42. The Kier molecular flexibility index (Phi) is 3.87. The molecular weight excluding hydrogens is 226 g/mol. The Hall–Kier alpha value is -1.55. The van der Waals surface area contributed by atoms with E-state index in [1.807, 2.05) is 18.2 Å². The van der Waals surface area contributed by atoms with Crippen LogP contribution in [0.25, 0.3) is 11.1 Å². The molecule has 1 aromatic heterocycles. The number of benzene rings is 1. The van der Waals surface area contributed by atoms with E-state index in [9.17, 15) is 0 Å². The number of anilines is 1. The largest absolute Gasteiger partial charge is 0.439 e. The second-order valence-corrected chi connectivity index (χ2v) is 5.01. The number of para-hydroxylation sites is 1. The minimum atomic E-state index is 0.673. The molecule has 98 valence electrons. The number of nitrogens with zero attached hydrogens (tertiary/aromatic N) is 2. The summed E-state index contributed by atoms with van der Waals surface area (Å²) in [5.74, 6) is 1.41. The zero-order valence-electron chi connectivity index (χ0n) is 11.3. The second kappa shape index (κ2) is 5.40. The standard InChI is InChI=1S/C14H21N3O/c1-4-10(2)8-17(3)9-13-16-14-11(15)6-5-7-12(14)18-13/h5-7,10H,4,8-9,15H2,1-3H3. The van der Waals surface area contributed by atoms with Gasteiger partial charge in [-0.25, -0.2) is 4.98 Å². The van der Waals surface area contributed by atoms with Gasteiger partial charge in [-0.15, -0.1) is 0 Å². The Morgan fingerprint density at radius 3 is 2.89 bits per heavy atom. The lowest BCUT2D eigenvalue weighted by molar-refractivity contribution is 0.252. The van der Waals surface area contributed by atoms with Crippen molar-refractivity contribution in [2.75, 3.05) is 19.3 Å². The molecule has 0 aliphatic heterocycles. The molecule has 2 rings (SSSR count). The van der Waals surface area contributed by atoms with E-state index in [0.29, 0.717) is 11.6 Å². The van der Waals surface area contributed by atoms with Crippen molar-refractivity contribution >= 4 is 16.8 Å². The molecule has 0 saturated heterocycles. The molecule has 2 N–H and O–H groups in total. The average molecular weight is 247 g/mol. The molecule has 4 nitrogen and oxygen atoms in total. The molecule has 0 spiro atoms. The first-order chi connectivity index (χ1) is 8.60. The number of oxazole rings is 1. The van der Waals surface area contributed by atoms with Crippen molar-refractivity contribution in [2.45, 2.75) is 26.8 Å². The number of nitrogen functional groups attached to an aromatic ring is 1. The quantitative estimate of drug-likeness (QED) is 0.825. The summed E-state index contributed by atoms with van der Waals surface area (Å²) in [6, 6.07) is 5.63. The maximum absolute atomic E-state index is 5.87. The fraction of sp³-hybridized carbons (Fsp3) is 0.500. The van der Waals surface area contributed by atoms with Crippen molar-refractivity contribution in [2.24, 2.45) is 5.92 Å². The van der Waals surface area contributed by atoms with Crippen molar-refractivity contribution in [3.63, 3.8) is 0 Å². The van der Waals surface area contributed by atoms with Gasteiger partial charge < -0.3 is 10.2 Å². The molecule has 1 unspecified atom stereocenters. The summed E-state index contributed by atoms with van der Waals surface area (Å²) in [4.78, 5) is 6.68. The number of fused-ring (bicyclic) bond motifs is 1. The van der Waals surface area contributed by atoms with Crippen LogP contribution in [0.4, 0.5) is 5.69 Å². The van der Waals surface area contributed by atoms with Crippen LogP contribution in [0.1, 0.15) is 26.2 Å². The Morgan fingerprint density at radius 1 is 1.44 bits per heavy atom. The SMILES string of the molecule is CCC(C)CN(C)Cc1nc2c(N)cccc2o1. The topological polar surface area (TPSA) is 55.3 Å². The van der Waals surface area contributed by atoms with Crippen LogP contribution in [0.15, 0.2) is 22.6 Å². The van der Waals surface area contributed by atoms with E-state index in [1.54, 1.807) is 0 Å². The van der Waals surface area contributed by atoms with Gasteiger partial charge in [-0.05, 0) is 25.1 Å². The molecule has 0 radical (unpaired) electrons. The Labute approximate surface area is 108 Å². The first kappa shape index (κ1) is 12.9. The number of aromatic nitrogens is 1. The molecule has 0 aliphatic carbocycles. The predicted molar refractivity (Wildman–Crippen MR) is 74.2 cm³/mol. The summed E-state index contributed by atoms with van der Waals surface area (Å²) in [5, 5.41) is 0. The average Bonchev–Trinajstić information content (AvgIpc) is 2.72. The van der Waals surface area contributed by atoms with Gasteiger partial charge in [-0.3, -0.25) is 4.90 Å². The summed E-state index contributed by atoms with van der Waals surface area (Å²) in [7, 11) is 2.09. The third-order valence-electron chi connectivity index (χ3n) is 3.22. The summed E-state index contributed by atoms with van der Waals surface area (Å²) < 4.78 is 5.70. The van der Waals surface area contributed by atoms with Crippen molar-refractivity contribution in [1.29, 1.82) is 0 Å². The van der Waals surface area contributed by atoms with E-state index in [1.165, 1.54) is 6.42 Å². The van der Waals surface area contributed by atoms with Gasteiger partial charge in [0.2, 0.25) is 5.89 Å². The number of nitrogens with two attached hydrogens (primary N) is 1. The van der Waals surface area contributed by atoms with Crippen LogP contribution >= 0.6 is 0 Å². The Balaban J connectivity index is 2.10. The van der Waals surface area contributed by atoms with Gasteiger partial charge in [0.25, 0.3) is 0 Å². The summed E-state index contributed by atoms with van der Waals surface area (Å²) in [5.41, 5.74) is 8.07. The molecule has 0 amide bonds. The van der Waals surface area contributed by atoms with Gasteiger partial charge in [0, 0.05) is 6.54 Å². The van der Waals surface area contributed by atoms with Crippen molar-refractivity contribution in [3.8, 4) is 0 Å². The fourth-order valence-electron chi connectivity index (χ4n) is 2.04. The van der Waals surface area contributed by atoms with E-state index in [4.69, 9.17) is 10.2 Å². The lowest BCUT2D eigenvalue weighted by Gasteiger charge is -2.18. The molecule has 1 aromatic carbocycles. The van der Waals surface area contributed by atoms with E-state index in [2.05, 4.69) is 30.8 Å². The monoisotopic (exact) mass is 247 g/mol. The second-order valence-electron chi connectivity index (χ2n) is 5.01. The molecule has 0 bridgehead atoms. The van der Waals surface area contributed by atoms with Crippen molar-refractivity contribution < 1.29 is 4.42 Å². The van der Waals surface area contributed by atoms with E-state index < -0.39 is 0 Å². The Morgan fingerprint density at radius 2 is 2.22 bits per heavy atom. The molecular formula is C14H21N3O. The fourth-order valence-corrected chi connectivity index (χ4v) is 2.04.